The van der Waals surface area contributed by atoms with Crippen LogP contribution in [0, 0.1) is 5.82 Å². The lowest BCUT2D eigenvalue weighted by atomic mass is 10.2. The molecular weight excluding hydrogens is 347 g/mol. The number of rotatable bonds is 6. The quantitative estimate of drug-likeness (QED) is 0.683. The number of aromatic nitrogens is 3. The molecule has 2 heterocycles. The van der Waals surface area contributed by atoms with E-state index < -0.39 is 0 Å². The molecule has 0 aliphatic rings. The molecular formula is C16H15FN4OS2. The summed E-state index contributed by atoms with van der Waals surface area (Å²) < 4.78 is 13.7. The second-order valence-corrected chi connectivity index (χ2v) is 6.84. The highest BCUT2D eigenvalue weighted by Gasteiger charge is 2.14. The molecule has 1 aromatic carbocycles. The minimum atomic E-state index is -0.364. The average molecular weight is 362 g/mol. The van der Waals surface area contributed by atoms with Gasteiger partial charge in [0.25, 0.3) is 0 Å². The monoisotopic (exact) mass is 362 g/mol. The Bertz CT molecular complexity index is 819. The molecule has 24 heavy (non-hydrogen) atoms. The number of hydrogen-bond acceptors (Lipinski definition) is 5. The van der Waals surface area contributed by atoms with Crippen molar-refractivity contribution >= 4 is 29.0 Å². The van der Waals surface area contributed by atoms with E-state index in [1.807, 2.05) is 16.8 Å². The first-order chi connectivity index (χ1) is 11.6. The van der Waals surface area contributed by atoms with E-state index in [4.69, 9.17) is 0 Å². The highest BCUT2D eigenvalue weighted by Crippen LogP contribution is 2.21. The summed E-state index contributed by atoms with van der Waals surface area (Å²) in [4.78, 5) is 18.1. The van der Waals surface area contributed by atoms with Gasteiger partial charge in [-0.1, -0.05) is 23.9 Å². The number of benzene rings is 1. The molecule has 0 aliphatic heterocycles. The van der Waals surface area contributed by atoms with Gasteiger partial charge >= 0.3 is 0 Å². The van der Waals surface area contributed by atoms with Crippen LogP contribution in [-0.2, 0) is 11.3 Å². The van der Waals surface area contributed by atoms with E-state index in [2.05, 4.69) is 15.2 Å². The number of halogens is 1. The van der Waals surface area contributed by atoms with Crippen molar-refractivity contribution in [1.82, 2.24) is 20.1 Å². The van der Waals surface area contributed by atoms with Gasteiger partial charge in [0.15, 0.2) is 5.82 Å². The number of thiophene rings is 1. The Hall–Kier alpha value is -2.19. The summed E-state index contributed by atoms with van der Waals surface area (Å²) in [5, 5.41) is 11.2. The molecule has 0 aliphatic carbocycles. The Balaban J connectivity index is 1.57. The van der Waals surface area contributed by atoms with Crippen LogP contribution in [0.1, 0.15) is 5.56 Å². The molecule has 1 amide bonds. The zero-order valence-corrected chi connectivity index (χ0v) is 14.5. The molecule has 0 bridgehead atoms. The standard InChI is InChI=1S/C16H15FN4OS2/c1-21(8-11-6-7-23-9-11)14(22)10-24-16-18-15(19-20-16)12-4-2-3-5-13(12)17/h2-7,9H,8,10H2,1H3,(H,18,19,20). The number of carbonyl (C=O) groups is 1. The third-order valence-electron chi connectivity index (χ3n) is 3.34. The van der Waals surface area contributed by atoms with Gasteiger partial charge in [-0.3, -0.25) is 9.89 Å². The average Bonchev–Trinajstić information content (AvgIpc) is 3.24. The molecule has 0 fully saturated rings. The van der Waals surface area contributed by atoms with Crippen LogP contribution in [0.4, 0.5) is 4.39 Å². The summed E-state index contributed by atoms with van der Waals surface area (Å²) in [5.74, 6) is 0.213. The molecule has 3 aromatic rings. The Morgan fingerprint density at radius 3 is 2.96 bits per heavy atom. The van der Waals surface area contributed by atoms with E-state index in [0.29, 0.717) is 23.1 Å². The zero-order valence-electron chi connectivity index (χ0n) is 12.9. The zero-order chi connectivity index (χ0) is 16.9. The minimum Gasteiger partial charge on any atom is -0.341 e. The van der Waals surface area contributed by atoms with Gasteiger partial charge in [-0.2, -0.15) is 11.3 Å². The Morgan fingerprint density at radius 1 is 1.38 bits per heavy atom. The van der Waals surface area contributed by atoms with E-state index in [1.165, 1.54) is 17.8 Å². The number of aromatic amines is 1. The van der Waals surface area contributed by atoms with Crippen molar-refractivity contribution in [1.29, 1.82) is 0 Å². The maximum absolute atomic E-state index is 13.7. The Labute approximate surface area is 146 Å². The van der Waals surface area contributed by atoms with Crippen molar-refractivity contribution in [2.24, 2.45) is 0 Å². The molecule has 1 N–H and O–H groups in total. The number of nitrogens with one attached hydrogen (secondary N) is 1. The second-order valence-electron chi connectivity index (χ2n) is 5.12. The van der Waals surface area contributed by atoms with Crippen molar-refractivity contribution in [3.8, 4) is 11.4 Å². The predicted molar refractivity (Wildman–Crippen MR) is 93.3 cm³/mol. The number of thioether (sulfide) groups is 1. The van der Waals surface area contributed by atoms with E-state index in [-0.39, 0.29) is 17.5 Å². The van der Waals surface area contributed by atoms with Gasteiger partial charge in [0, 0.05) is 13.6 Å². The van der Waals surface area contributed by atoms with Crippen molar-refractivity contribution in [2.75, 3.05) is 12.8 Å². The number of carbonyl (C=O) groups excluding carboxylic acids is 1. The normalized spacial score (nSPS) is 10.8. The number of amides is 1. The van der Waals surface area contributed by atoms with Gasteiger partial charge in [0.2, 0.25) is 11.1 Å². The molecule has 124 valence electrons. The first-order valence-corrected chi connectivity index (χ1v) is 9.11. The van der Waals surface area contributed by atoms with Crippen molar-refractivity contribution in [3.05, 3.63) is 52.5 Å². The Kier molecular flexibility index (Phi) is 5.27. The molecule has 0 radical (unpaired) electrons. The van der Waals surface area contributed by atoms with Gasteiger partial charge in [-0.25, -0.2) is 9.37 Å². The second kappa shape index (κ2) is 7.59. The van der Waals surface area contributed by atoms with Crippen LogP contribution >= 0.6 is 23.1 Å². The van der Waals surface area contributed by atoms with Gasteiger partial charge in [0.05, 0.1) is 11.3 Å². The smallest absolute Gasteiger partial charge is 0.233 e. The van der Waals surface area contributed by atoms with Gasteiger partial charge in [0.1, 0.15) is 5.82 Å². The fourth-order valence-electron chi connectivity index (χ4n) is 2.07. The lowest BCUT2D eigenvalue weighted by Gasteiger charge is -2.15. The van der Waals surface area contributed by atoms with E-state index in [9.17, 15) is 9.18 Å². The van der Waals surface area contributed by atoms with E-state index in [0.717, 1.165) is 5.56 Å². The third-order valence-corrected chi connectivity index (χ3v) is 4.91. The van der Waals surface area contributed by atoms with Crippen LogP contribution in [0.3, 0.4) is 0 Å². The summed E-state index contributed by atoms with van der Waals surface area (Å²) >= 11 is 2.83. The summed E-state index contributed by atoms with van der Waals surface area (Å²) in [5.41, 5.74) is 1.47. The summed E-state index contributed by atoms with van der Waals surface area (Å²) in [6, 6.07) is 8.35. The molecule has 2 aromatic heterocycles. The van der Waals surface area contributed by atoms with Crippen LogP contribution < -0.4 is 0 Å². The van der Waals surface area contributed by atoms with Crippen molar-refractivity contribution in [3.63, 3.8) is 0 Å². The minimum absolute atomic E-state index is 0.0107. The lowest BCUT2D eigenvalue weighted by molar-refractivity contribution is -0.127. The van der Waals surface area contributed by atoms with Crippen LogP contribution in [0.25, 0.3) is 11.4 Å². The summed E-state index contributed by atoms with van der Waals surface area (Å²) in [6.45, 7) is 0.581. The van der Waals surface area contributed by atoms with Crippen molar-refractivity contribution in [2.45, 2.75) is 11.7 Å². The highest BCUT2D eigenvalue weighted by atomic mass is 32.2. The van der Waals surface area contributed by atoms with Crippen LogP contribution in [-0.4, -0.2) is 38.8 Å². The Morgan fingerprint density at radius 2 is 2.21 bits per heavy atom. The third kappa shape index (κ3) is 4.01. The number of H-pyrrole nitrogens is 1. The topological polar surface area (TPSA) is 61.9 Å². The van der Waals surface area contributed by atoms with E-state index in [1.54, 1.807) is 41.5 Å². The molecule has 3 rings (SSSR count). The van der Waals surface area contributed by atoms with Gasteiger partial charge in [-0.05, 0) is 34.5 Å². The van der Waals surface area contributed by atoms with Crippen LogP contribution in [0.15, 0.2) is 46.2 Å². The maximum atomic E-state index is 13.7. The largest absolute Gasteiger partial charge is 0.341 e. The lowest BCUT2D eigenvalue weighted by Crippen LogP contribution is -2.27. The molecule has 0 saturated heterocycles. The number of hydrogen-bond donors (Lipinski definition) is 1. The molecule has 0 spiro atoms. The van der Waals surface area contributed by atoms with Crippen molar-refractivity contribution < 1.29 is 9.18 Å². The fraction of sp³-hybridized carbons (Fsp3) is 0.188. The van der Waals surface area contributed by atoms with Crippen LogP contribution in [0.5, 0.6) is 0 Å². The van der Waals surface area contributed by atoms with Gasteiger partial charge < -0.3 is 4.90 Å². The first kappa shape index (κ1) is 16.7. The molecule has 0 saturated carbocycles. The molecule has 0 unspecified atom stereocenters. The summed E-state index contributed by atoms with van der Waals surface area (Å²) in [7, 11) is 1.77. The molecule has 5 nitrogen and oxygen atoms in total. The van der Waals surface area contributed by atoms with E-state index >= 15 is 0 Å². The highest BCUT2D eigenvalue weighted by molar-refractivity contribution is 7.99. The maximum Gasteiger partial charge on any atom is 0.233 e. The molecule has 0 atom stereocenters. The fourth-order valence-corrected chi connectivity index (χ4v) is 3.46. The van der Waals surface area contributed by atoms with Gasteiger partial charge in [-0.15, -0.1) is 5.10 Å². The predicted octanol–water partition coefficient (Wildman–Crippen LogP) is 3.42. The SMILES string of the molecule is CN(Cc1ccsc1)C(=O)CSc1n[nH]c(-c2ccccc2F)n1. The molecule has 8 heteroatoms. The van der Waals surface area contributed by atoms with Crippen LogP contribution in [0.2, 0.25) is 0 Å². The first-order valence-electron chi connectivity index (χ1n) is 7.18. The number of nitrogens with zero attached hydrogens (tertiary/aromatic N) is 3. The summed E-state index contributed by atoms with van der Waals surface area (Å²) in [6.07, 6.45) is 0.